The number of halogens is 1. The minimum Gasteiger partial charge on any atom is -0.350 e. The molecule has 1 N–H and O–H groups in total. The van der Waals surface area contributed by atoms with E-state index in [4.69, 9.17) is 11.6 Å². The minimum atomic E-state index is -3.77. The van der Waals surface area contributed by atoms with Crippen molar-refractivity contribution in [2.45, 2.75) is 38.1 Å². The van der Waals surface area contributed by atoms with Gasteiger partial charge in [0.25, 0.3) is 0 Å². The lowest BCUT2D eigenvalue weighted by Gasteiger charge is -2.24. The molecule has 1 aromatic rings. The van der Waals surface area contributed by atoms with Crippen LogP contribution in [0.4, 0.5) is 0 Å². The number of pyridine rings is 1. The van der Waals surface area contributed by atoms with Gasteiger partial charge in [-0.15, -0.1) is 0 Å². The Morgan fingerprint density at radius 2 is 2.00 bits per heavy atom. The second kappa shape index (κ2) is 6.72. The van der Waals surface area contributed by atoms with Crippen LogP contribution >= 0.6 is 11.6 Å². The van der Waals surface area contributed by atoms with E-state index in [-0.39, 0.29) is 29.0 Å². The molecule has 0 aromatic carbocycles. The minimum absolute atomic E-state index is 0.0114. The zero-order valence-electron chi connectivity index (χ0n) is 12.6. The normalized spacial score (nSPS) is 12.5. The number of carbonyl (C=O) groups is 1. The van der Waals surface area contributed by atoms with E-state index in [9.17, 15) is 13.2 Å². The average molecular weight is 334 g/mol. The van der Waals surface area contributed by atoms with Crippen LogP contribution in [0.25, 0.3) is 0 Å². The summed E-state index contributed by atoms with van der Waals surface area (Å²) in [6.45, 7) is 7.11. The summed E-state index contributed by atoms with van der Waals surface area (Å²) in [5, 5.41) is 2.95. The maximum Gasteiger partial charge on any atom is 0.245 e. The van der Waals surface area contributed by atoms with Crippen LogP contribution in [0.5, 0.6) is 0 Å². The largest absolute Gasteiger partial charge is 0.350 e. The van der Waals surface area contributed by atoms with Crippen molar-refractivity contribution in [3.05, 3.63) is 23.5 Å². The summed E-state index contributed by atoms with van der Waals surface area (Å²) >= 11 is 5.65. The van der Waals surface area contributed by atoms with Crippen LogP contribution in [-0.4, -0.2) is 42.2 Å². The molecule has 0 fully saturated rings. The fourth-order valence-electron chi connectivity index (χ4n) is 1.65. The predicted molar refractivity (Wildman–Crippen MR) is 81.6 cm³/mol. The van der Waals surface area contributed by atoms with E-state index in [2.05, 4.69) is 10.3 Å². The van der Waals surface area contributed by atoms with Gasteiger partial charge in [-0.05, 0) is 32.9 Å². The van der Waals surface area contributed by atoms with Gasteiger partial charge in [-0.3, -0.25) is 4.79 Å². The van der Waals surface area contributed by atoms with E-state index in [1.807, 2.05) is 20.8 Å². The highest BCUT2D eigenvalue weighted by molar-refractivity contribution is 7.89. The molecule has 0 saturated heterocycles. The molecule has 21 heavy (non-hydrogen) atoms. The van der Waals surface area contributed by atoms with Crippen molar-refractivity contribution in [2.75, 3.05) is 13.1 Å². The number of sulfonamides is 1. The molecule has 0 aliphatic rings. The van der Waals surface area contributed by atoms with E-state index in [0.717, 1.165) is 4.31 Å². The molecule has 118 valence electrons. The first-order chi connectivity index (χ1) is 9.56. The molecule has 0 radical (unpaired) electrons. The van der Waals surface area contributed by atoms with E-state index >= 15 is 0 Å². The van der Waals surface area contributed by atoms with Gasteiger partial charge >= 0.3 is 0 Å². The summed E-state index contributed by atoms with van der Waals surface area (Å²) in [6.07, 6.45) is 1.18. The van der Waals surface area contributed by atoms with Crippen LogP contribution in [0.1, 0.15) is 27.7 Å². The maximum absolute atomic E-state index is 12.4. The number of amides is 1. The SMILES string of the molecule is CCN(CC(=O)NC(C)(C)C)S(=O)(=O)c1ccc(Cl)nc1. The van der Waals surface area contributed by atoms with Gasteiger partial charge in [-0.1, -0.05) is 18.5 Å². The molecule has 1 amide bonds. The van der Waals surface area contributed by atoms with Gasteiger partial charge in [0.15, 0.2) is 0 Å². The molecule has 0 atom stereocenters. The van der Waals surface area contributed by atoms with Gasteiger partial charge in [0.05, 0.1) is 6.54 Å². The van der Waals surface area contributed by atoms with Crippen LogP contribution in [0.2, 0.25) is 5.15 Å². The number of nitrogens with zero attached hydrogens (tertiary/aromatic N) is 2. The van der Waals surface area contributed by atoms with Crippen LogP contribution in [0.15, 0.2) is 23.2 Å². The molecule has 8 heteroatoms. The molecule has 0 unspecified atom stereocenters. The first kappa shape index (κ1) is 17.9. The third-order valence-corrected chi connectivity index (χ3v) is 4.65. The maximum atomic E-state index is 12.4. The Bertz CT molecular complexity index is 594. The van der Waals surface area contributed by atoms with Crippen LogP contribution < -0.4 is 5.32 Å². The third kappa shape index (κ3) is 5.26. The standard InChI is InChI=1S/C13H20ClN3O3S/c1-5-17(9-12(18)16-13(2,3)4)21(19,20)10-6-7-11(14)15-8-10/h6-8H,5,9H2,1-4H3,(H,16,18). The van der Waals surface area contributed by atoms with Crippen LogP contribution in [0, 0.1) is 0 Å². The van der Waals surface area contributed by atoms with Crippen molar-refractivity contribution in [1.29, 1.82) is 0 Å². The number of hydrogen-bond donors (Lipinski definition) is 1. The van der Waals surface area contributed by atoms with Crippen molar-refractivity contribution in [3.8, 4) is 0 Å². The van der Waals surface area contributed by atoms with Crippen molar-refractivity contribution in [1.82, 2.24) is 14.6 Å². The van der Waals surface area contributed by atoms with Crippen molar-refractivity contribution >= 4 is 27.5 Å². The fourth-order valence-corrected chi connectivity index (χ4v) is 3.11. The first-order valence-electron chi connectivity index (χ1n) is 6.49. The lowest BCUT2D eigenvalue weighted by Crippen LogP contribution is -2.47. The zero-order chi connectivity index (χ0) is 16.3. The average Bonchev–Trinajstić information content (AvgIpc) is 2.34. The molecule has 6 nitrogen and oxygen atoms in total. The predicted octanol–water partition coefficient (Wildman–Crippen LogP) is 1.66. The Kier molecular flexibility index (Phi) is 5.72. The van der Waals surface area contributed by atoms with Gasteiger partial charge in [0, 0.05) is 18.3 Å². The summed E-state index contributed by atoms with van der Waals surface area (Å²) < 4.78 is 26.0. The fraction of sp³-hybridized carbons (Fsp3) is 0.538. The Hall–Kier alpha value is -1.18. The van der Waals surface area contributed by atoms with Gasteiger partial charge in [0.1, 0.15) is 10.0 Å². The molecule has 0 aliphatic heterocycles. The highest BCUT2D eigenvalue weighted by Gasteiger charge is 2.26. The topological polar surface area (TPSA) is 79.4 Å². The molecule has 0 saturated carbocycles. The lowest BCUT2D eigenvalue weighted by molar-refractivity contribution is -0.122. The second-order valence-corrected chi connectivity index (χ2v) is 7.87. The summed E-state index contributed by atoms with van der Waals surface area (Å²) in [5.41, 5.74) is -0.415. The molecule has 0 aliphatic carbocycles. The van der Waals surface area contributed by atoms with Gasteiger partial charge < -0.3 is 5.32 Å². The lowest BCUT2D eigenvalue weighted by atomic mass is 10.1. The summed E-state index contributed by atoms with van der Waals surface area (Å²) in [7, 11) is -3.77. The van der Waals surface area contributed by atoms with Gasteiger partial charge in [0.2, 0.25) is 15.9 Å². The van der Waals surface area contributed by atoms with E-state index < -0.39 is 15.6 Å². The molecular formula is C13H20ClN3O3S. The highest BCUT2D eigenvalue weighted by Crippen LogP contribution is 2.16. The highest BCUT2D eigenvalue weighted by atomic mass is 35.5. The van der Waals surface area contributed by atoms with E-state index in [1.54, 1.807) is 6.92 Å². The quantitative estimate of drug-likeness (QED) is 0.831. The van der Waals surface area contributed by atoms with Crippen LogP contribution in [-0.2, 0) is 14.8 Å². The molecule has 1 rings (SSSR count). The number of aromatic nitrogens is 1. The second-order valence-electron chi connectivity index (χ2n) is 5.55. The third-order valence-electron chi connectivity index (χ3n) is 2.53. The van der Waals surface area contributed by atoms with Crippen molar-refractivity contribution in [2.24, 2.45) is 0 Å². The Balaban J connectivity index is 2.93. The molecule has 1 heterocycles. The Morgan fingerprint density at radius 3 is 2.43 bits per heavy atom. The zero-order valence-corrected chi connectivity index (χ0v) is 14.1. The summed E-state index contributed by atoms with van der Waals surface area (Å²) in [4.78, 5) is 15.7. The smallest absolute Gasteiger partial charge is 0.245 e. The summed E-state index contributed by atoms with van der Waals surface area (Å²) in [5.74, 6) is -0.352. The number of likely N-dealkylation sites (N-methyl/N-ethyl adjacent to an activating group) is 1. The number of rotatable bonds is 5. The van der Waals surface area contributed by atoms with Crippen molar-refractivity contribution in [3.63, 3.8) is 0 Å². The molecule has 0 spiro atoms. The molecular weight excluding hydrogens is 314 g/mol. The van der Waals surface area contributed by atoms with Gasteiger partial charge in [-0.25, -0.2) is 13.4 Å². The Labute approximate surface area is 130 Å². The molecule has 1 aromatic heterocycles. The van der Waals surface area contributed by atoms with Crippen molar-refractivity contribution < 1.29 is 13.2 Å². The first-order valence-corrected chi connectivity index (χ1v) is 8.31. The number of carbonyl (C=O) groups excluding carboxylic acids is 1. The van der Waals surface area contributed by atoms with E-state index in [1.165, 1.54) is 18.3 Å². The Morgan fingerprint density at radius 1 is 1.38 bits per heavy atom. The number of hydrogen-bond acceptors (Lipinski definition) is 4. The van der Waals surface area contributed by atoms with Gasteiger partial charge in [-0.2, -0.15) is 4.31 Å². The van der Waals surface area contributed by atoms with E-state index in [0.29, 0.717) is 0 Å². The number of nitrogens with one attached hydrogen (secondary N) is 1. The molecule has 0 bridgehead atoms. The monoisotopic (exact) mass is 333 g/mol. The van der Waals surface area contributed by atoms with Crippen LogP contribution in [0.3, 0.4) is 0 Å². The summed E-state index contributed by atoms with van der Waals surface area (Å²) in [6, 6.07) is 2.77.